The number of hydrogen-bond acceptors (Lipinski definition) is 5. The average molecular weight is 268 g/mol. The highest BCUT2D eigenvalue weighted by Crippen LogP contribution is 2.18. The Morgan fingerprint density at radius 2 is 2.10 bits per heavy atom. The minimum atomic E-state index is 0.249. The molecule has 0 unspecified atom stereocenters. The molecule has 0 aliphatic carbocycles. The van der Waals surface area contributed by atoms with Crippen molar-refractivity contribution in [2.24, 2.45) is 0 Å². The number of nitrogens with two attached hydrogens (primary N) is 1. The van der Waals surface area contributed by atoms with Crippen molar-refractivity contribution in [2.75, 3.05) is 17.6 Å². The minimum absolute atomic E-state index is 0.249. The van der Waals surface area contributed by atoms with E-state index < -0.39 is 0 Å². The SMILES string of the molecule is CCCNc1cc(-n2cnc3ccccc32)nc(N)n1. The fourth-order valence-corrected chi connectivity index (χ4v) is 2.06. The molecule has 0 saturated carbocycles. The van der Waals surface area contributed by atoms with Gasteiger partial charge in [-0.15, -0.1) is 0 Å². The van der Waals surface area contributed by atoms with E-state index in [1.165, 1.54) is 0 Å². The molecule has 6 nitrogen and oxygen atoms in total. The van der Waals surface area contributed by atoms with Gasteiger partial charge in [0.15, 0.2) is 0 Å². The van der Waals surface area contributed by atoms with Crippen LogP contribution in [-0.4, -0.2) is 26.1 Å². The summed E-state index contributed by atoms with van der Waals surface area (Å²) in [5.74, 6) is 1.69. The van der Waals surface area contributed by atoms with E-state index in [1.807, 2.05) is 34.9 Å². The highest BCUT2D eigenvalue weighted by molar-refractivity contribution is 5.77. The number of benzene rings is 1. The normalized spacial score (nSPS) is 10.8. The van der Waals surface area contributed by atoms with Crippen LogP contribution in [0.25, 0.3) is 16.9 Å². The average Bonchev–Trinajstić information content (AvgIpc) is 2.88. The molecule has 3 aromatic rings. The number of hydrogen-bond donors (Lipinski definition) is 2. The van der Waals surface area contributed by atoms with E-state index >= 15 is 0 Å². The van der Waals surface area contributed by atoms with Crippen molar-refractivity contribution >= 4 is 22.8 Å². The molecule has 0 spiro atoms. The summed E-state index contributed by atoms with van der Waals surface area (Å²) >= 11 is 0. The maximum atomic E-state index is 5.79. The predicted octanol–water partition coefficient (Wildman–Crippen LogP) is 2.22. The molecule has 0 bridgehead atoms. The number of para-hydroxylation sites is 2. The number of fused-ring (bicyclic) bond motifs is 1. The number of nitrogens with zero attached hydrogens (tertiary/aromatic N) is 4. The molecule has 2 aromatic heterocycles. The van der Waals surface area contributed by atoms with Crippen LogP contribution in [0.3, 0.4) is 0 Å². The molecule has 3 N–H and O–H groups in total. The number of anilines is 2. The fraction of sp³-hybridized carbons (Fsp3) is 0.214. The van der Waals surface area contributed by atoms with Gasteiger partial charge in [-0.05, 0) is 18.6 Å². The Balaban J connectivity index is 2.07. The van der Waals surface area contributed by atoms with E-state index in [1.54, 1.807) is 6.33 Å². The van der Waals surface area contributed by atoms with Crippen LogP contribution in [0.1, 0.15) is 13.3 Å². The molecule has 0 fully saturated rings. The van der Waals surface area contributed by atoms with Crippen molar-refractivity contribution in [3.05, 3.63) is 36.7 Å². The van der Waals surface area contributed by atoms with Crippen LogP contribution in [0.5, 0.6) is 0 Å². The Bertz CT molecular complexity index is 733. The number of rotatable bonds is 4. The van der Waals surface area contributed by atoms with Gasteiger partial charge in [-0.1, -0.05) is 19.1 Å². The van der Waals surface area contributed by atoms with Crippen molar-refractivity contribution in [3.8, 4) is 5.82 Å². The lowest BCUT2D eigenvalue weighted by atomic mass is 10.3. The van der Waals surface area contributed by atoms with E-state index in [0.717, 1.165) is 29.8 Å². The molecule has 3 rings (SSSR count). The molecule has 6 heteroatoms. The van der Waals surface area contributed by atoms with Crippen LogP contribution in [-0.2, 0) is 0 Å². The first kappa shape index (κ1) is 12.4. The van der Waals surface area contributed by atoms with E-state index in [0.29, 0.717) is 5.82 Å². The van der Waals surface area contributed by atoms with Gasteiger partial charge in [-0.25, -0.2) is 4.98 Å². The molecule has 102 valence electrons. The maximum absolute atomic E-state index is 5.79. The Morgan fingerprint density at radius 3 is 2.95 bits per heavy atom. The monoisotopic (exact) mass is 268 g/mol. The summed E-state index contributed by atoms with van der Waals surface area (Å²) in [6.45, 7) is 2.95. The van der Waals surface area contributed by atoms with E-state index in [-0.39, 0.29) is 5.95 Å². The van der Waals surface area contributed by atoms with Crippen LogP contribution < -0.4 is 11.1 Å². The van der Waals surface area contributed by atoms with Crippen LogP contribution >= 0.6 is 0 Å². The van der Waals surface area contributed by atoms with Crippen molar-refractivity contribution < 1.29 is 0 Å². The molecule has 1 aromatic carbocycles. The number of nitrogens with one attached hydrogen (secondary N) is 1. The quantitative estimate of drug-likeness (QED) is 0.758. The number of nitrogen functional groups attached to an aromatic ring is 1. The van der Waals surface area contributed by atoms with Crippen molar-refractivity contribution in [3.63, 3.8) is 0 Å². The second-order valence-corrected chi connectivity index (χ2v) is 4.50. The van der Waals surface area contributed by atoms with E-state index in [9.17, 15) is 0 Å². The first-order valence-corrected chi connectivity index (χ1v) is 6.59. The zero-order valence-electron chi connectivity index (χ0n) is 11.2. The van der Waals surface area contributed by atoms with Gasteiger partial charge in [-0.2, -0.15) is 9.97 Å². The molecule has 0 atom stereocenters. The number of aromatic nitrogens is 4. The highest BCUT2D eigenvalue weighted by Gasteiger charge is 2.08. The van der Waals surface area contributed by atoms with Gasteiger partial charge in [0, 0.05) is 12.6 Å². The summed E-state index contributed by atoms with van der Waals surface area (Å²) in [6.07, 6.45) is 2.77. The van der Waals surface area contributed by atoms with Crippen LogP contribution in [0.2, 0.25) is 0 Å². The standard InChI is InChI=1S/C14H16N6/c1-2-7-16-12-8-13(19-14(15)18-12)20-9-17-10-5-3-4-6-11(10)20/h3-6,8-9H,2,7H2,1H3,(H3,15,16,18,19). The molecular formula is C14H16N6. The van der Waals surface area contributed by atoms with Crippen molar-refractivity contribution in [2.45, 2.75) is 13.3 Å². The molecule has 20 heavy (non-hydrogen) atoms. The Morgan fingerprint density at radius 1 is 1.25 bits per heavy atom. The molecular weight excluding hydrogens is 252 g/mol. The third-order valence-corrected chi connectivity index (χ3v) is 2.99. The Labute approximate surface area is 116 Å². The van der Waals surface area contributed by atoms with Gasteiger partial charge in [0.2, 0.25) is 5.95 Å². The molecule has 2 heterocycles. The zero-order chi connectivity index (χ0) is 13.9. The third kappa shape index (κ3) is 2.27. The zero-order valence-corrected chi connectivity index (χ0v) is 11.2. The molecule has 0 radical (unpaired) electrons. The summed E-state index contributed by atoms with van der Waals surface area (Å²) in [4.78, 5) is 12.8. The Hall–Kier alpha value is -2.63. The van der Waals surface area contributed by atoms with Gasteiger partial charge in [0.05, 0.1) is 11.0 Å². The first-order valence-electron chi connectivity index (χ1n) is 6.59. The van der Waals surface area contributed by atoms with E-state index in [4.69, 9.17) is 5.73 Å². The lowest BCUT2D eigenvalue weighted by Gasteiger charge is -2.08. The summed E-state index contributed by atoms with van der Waals surface area (Å²) in [5, 5.41) is 3.22. The van der Waals surface area contributed by atoms with E-state index in [2.05, 4.69) is 27.2 Å². The van der Waals surface area contributed by atoms with Gasteiger partial charge in [0.25, 0.3) is 0 Å². The van der Waals surface area contributed by atoms with Crippen LogP contribution in [0, 0.1) is 0 Å². The topological polar surface area (TPSA) is 81.7 Å². The molecule has 0 amide bonds. The van der Waals surface area contributed by atoms with Crippen molar-refractivity contribution in [1.82, 2.24) is 19.5 Å². The van der Waals surface area contributed by atoms with Crippen LogP contribution in [0.15, 0.2) is 36.7 Å². The smallest absolute Gasteiger partial charge is 0.223 e. The summed E-state index contributed by atoms with van der Waals surface area (Å²) in [7, 11) is 0. The van der Waals surface area contributed by atoms with Gasteiger partial charge < -0.3 is 11.1 Å². The van der Waals surface area contributed by atoms with Crippen LogP contribution in [0.4, 0.5) is 11.8 Å². The Kier molecular flexibility index (Phi) is 3.20. The minimum Gasteiger partial charge on any atom is -0.370 e. The van der Waals surface area contributed by atoms with Crippen molar-refractivity contribution in [1.29, 1.82) is 0 Å². The maximum Gasteiger partial charge on any atom is 0.223 e. The third-order valence-electron chi connectivity index (χ3n) is 2.99. The molecule has 0 saturated heterocycles. The lowest BCUT2D eigenvalue weighted by Crippen LogP contribution is -2.08. The largest absolute Gasteiger partial charge is 0.370 e. The van der Waals surface area contributed by atoms with Gasteiger partial charge >= 0.3 is 0 Å². The summed E-state index contributed by atoms with van der Waals surface area (Å²) in [5.41, 5.74) is 7.70. The molecule has 0 aliphatic heterocycles. The highest BCUT2D eigenvalue weighted by atomic mass is 15.2. The lowest BCUT2D eigenvalue weighted by molar-refractivity contribution is 0.954. The van der Waals surface area contributed by atoms with Gasteiger partial charge in [0.1, 0.15) is 18.0 Å². The summed E-state index contributed by atoms with van der Waals surface area (Å²) in [6, 6.07) is 9.77. The molecule has 0 aliphatic rings. The second kappa shape index (κ2) is 5.16. The van der Waals surface area contributed by atoms with Gasteiger partial charge in [-0.3, -0.25) is 4.57 Å². The fourth-order valence-electron chi connectivity index (χ4n) is 2.06. The second-order valence-electron chi connectivity index (χ2n) is 4.50. The number of imidazole rings is 1. The predicted molar refractivity (Wildman–Crippen MR) is 79.9 cm³/mol. The first-order chi connectivity index (χ1) is 9.78. The summed E-state index contributed by atoms with van der Waals surface area (Å²) < 4.78 is 1.91.